The first-order valence-corrected chi connectivity index (χ1v) is 3.90. The smallest absolute Gasteiger partial charge is 0.0781 e. The summed E-state index contributed by atoms with van der Waals surface area (Å²) in [4.78, 5) is 0. The first-order chi connectivity index (χ1) is 4.42. The average molecular weight is 146 g/mol. The van der Waals surface area contributed by atoms with Crippen LogP contribution in [0, 0.1) is 0 Å². The highest BCUT2D eigenvalue weighted by Gasteiger charge is 2.06. The van der Waals surface area contributed by atoms with Gasteiger partial charge < -0.3 is 9.59 Å². The van der Waals surface area contributed by atoms with Crippen LogP contribution in [0.1, 0.15) is 19.8 Å². The van der Waals surface area contributed by atoms with E-state index in [2.05, 4.69) is 21.1 Å². The Morgan fingerprint density at radius 3 is 2.10 bits per heavy atom. The molecule has 0 aliphatic rings. The van der Waals surface area contributed by atoms with Crippen molar-refractivity contribution < 1.29 is 9.59 Å². The number of hydrogen-bond acceptors (Lipinski definition) is 1. The normalized spacial score (nSPS) is 15.3. The molecule has 2 heteroatoms. The van der Waals surface area contributed by atoms with Crippen molar-refractivity contribution in [2.24, 2.45) is 0 Å². The van der Waals surface area contributed by atoms with Gasteiger partial charge in [0.15, 0.2) is 0 Å². The van der Waals surface area contributed by atoms with Gasteiger partial charge in [-0.05, 0) is 19.8 Å². The molecule has 0 heterocycles. The van der Waals surface area contributed by atoms with E-state index in [4.69, 9.17) is 5.11 Å². The second kappa shape index (κ2) is 3.94. The highest BCUT2D eigenvalue weighted by molar-refractivity contribution is 4.45. The summed E-state index contributed by atoms with van der Waals surface area (Å²) in [7, 11) is 6.51. The van der Waals surface area contributed by atoms with Gasteiger partial charge in [-0.3, -0.25) is 0 Å². The van der Waals surface area contributed by atoms with E-state index in [1.54, 1.807) is 0 Å². The number of rotatable bonds is 4. The van der Waals surface area contributed by atoms with Crippen LogP contribution in [0.25, 0.3) is 0 Å². The molecule has 10 heavy (non-hydrogen) atoms. The number of aliphatic hydroxyl groups excluding tert-OH is 1. The summed E-state index contributed by atoms with van der Waals surface area (Å²) in [6, 6.07) is 0. The number of nitrogens with zero attached hydrogens (tertiary/aromatic N) is 1. The minimum atomic E-state index is -0.133. The van der Waals surface area contributed by atoms with Gasteiger partial charge in [-0.1, -0.05) is 0 Å². The fourth-order valence-electron chi connectivity index (χ4n) is 0.861. The van der Waals surface area contributed by atoms with E-state index in [0.717, 1.165) is 23.9 Å². The highest BCUT2D eigenvalue weighted by Crippen LogP contribution is 2.00. The van der Waals surface area contributed by atoms with Gasteiger partial charge in [0.25, 0.3) is 0 Å². The van der Waals surface area contributed by atoms with E-state index in [-0.39, 0.29) is 6.10 Å². The SMILES string of the molecule is C[C@@H](O)CCC[N+](C)(C)C. The maximum atomic E-state index is 8.94. The molecule has 2 nitrogen and oxygen atoms in total. The van der Waals surface area contributed by atoms with E-state index in [9.17, 15) is 0 Å². The molecule has 0 rings (SSSR count). The lowest BCUT2D eigenvalue weighted by molar-refractivity contribution is -0.870. The van der Waals surface area contributed by atoms with Gasteiger partial charge in [0.2, 0.25) is 0 Å². The fourth-order valence-corrected chi connectivity index (χ4v) is 0.861. The number of quaternary nitrogens is 1. The monoisotopic (exact) mass is 146 g/mol. The predicted octanol–water partition coefficient (Wildman–Crippen LogP) is 0.854. The van der Waals surface area contributed by atoms with Crippen molar-refractivity contribution in [3.63, 3.8) is 0 Å². The Kier molecular flexibility index (Phi) is 3.91. The summed E-state index contributed by atoms with van der Waals surface area (Å²) in [5.74, 6) is 0. The second-order valence-corrected chi connectivity index (χ2v) is 4.01. The van der Waals surface area contributed by atoms with Crippen LogP contribution in [0.15, 0.2) is 0 Å². The largest absolute Gasteiger partial charge is 0.393 e. The molecule has 1 N–H and O–H groups in total. The molecule has 1 atom stereocenters. The summed E-state index contributed by atoms with van der Waals surface area (Å²) in [6.45, 7) is 2.99. The summed E-state index contributed by atoms with van der Waals surface area (Å²) < 4.78 is 0.993. The molecular weight excluding hydrogens is 126 g/mol. The second-order valence-electron chi connectivity index (χ2n) is 4.01. The minimum absolute atomic E-state index is 0.133. The van der Waals surface area contributed by atoms with Gasteiger partial charge in [-0.2, -0.15) is 0 Å². The maximum absolute atomic E-state index is 8.94. The van der Waals surface area contributed by atoms with Crippen molar-refractivity contribution in [3.05, 3.63) is 0 Å². The van der Waals surface area contributed by atoms with Crippen LogP contribution in [-0.2, 0) is 0 Å². The van der Waals surface area contributed by atoms with E-state index >= 15 is 0 Å². The van der Waals surface area contributed by atoms with Gasteiger partial charge in [0.1, 0.15) is 0 Å². The van der Waals surface area contributed by atoms with Gasteiger partial charge >= 0.3 is 0 Å². The molecule has 0 saturated heterocycles. The molecular formula is C8H20NO+. The molecule has 0 aliphatic carbocycles. The Balaban J connectivity index is 3.21. The van der Waals surface area contributed by atoms with E-state index in [1.165, 1.54) is 0 Å². The number of aliphatic hydroxyl groups is 1. The highest BCUT2D eigenvalue weighted by atomic mass is 16.3. The van der Waals surface area contributed by atoms with Gasteiger partial charge in [-0.25, -0.2) is 0 Å². The Labute approximate surface area is 64.1 Å². The third-order valence-electron chi connectivity index (χ3n) is 1.45. The van der Waals surface area contributed by atoms with Crippen LogP contribution in [0.5, 0.6) is 0 Å². The van der Waals surface area contributed by atoms with Crippen LogP contribution < -0.4 is 0 Å². The topological polar surface area (TPSA) is 20.2 Å². The molecule has 0 spiro atoms. The standard InChI is InChI=1S/C8H20NO/c1-8(10)6-5-7-9(2,3)4/h8,10H,5-7H2,1-4H3/q+1/t8-/m1/s1. The summed E-state index contributed by atoms with van der Waals surface area (Å²) in [6.07, 6.45) is 1.91. The third kappa shape index (κ3) is 7.92. The van der Waals surface area contributed by atoms with Gasteiger partial charge in [-0.15, -0.1) is 0 Å². The molecule has 0 aliphatic heterocycles. The van der Waals surface area contributed by atoms with Crippen LogP contribution in [0.2, 0.25) is 0 Å². The van der Waals surface area contributed by atoms with Gasteiger partial charge in [0, 0.05) is 0 Å². The maximum Gasteiger partial charge on any atom is 0.0781 e. The van der Waals surface area contributed by atoms with E-state index in [0.29, 0.717) is 0 Å². The Morgan fingerprint density at radius 1 is 1.30 bits per heavy atom. The predicted molar refractivity (Wildman–Crippen MR) is 43.8 cm³/mol. The van der Waals surface area contributed by atoms with Crippen molar-refractivity contribution in [2.75, 3.05) is 27.7 Å². The van der Waals surface area contributed by atoms with Crippen molar-refractivity contribution in [2.45, 2.75) is 25.9 Å². The molecule has 0 aromatic heterocycles. The molecule has 0 bridgehead atoms. The average Bonchev–Trinajstić information content (AvgIpc) is 1.59. The van der Waals surface area contributed by atoms with E-state index in [1.807, 2.05) is 6.92 Å². The summed E-state index contributed by atoms with van der Waals surface area (Å²) in [5.41, 5.74) is 0. The van der Waals surface area contributed by atoms with Crippen LogP contribution >= 0.6 is 0 Å². The molecule has 0 aromatic rings. The van der Waals surface area contributed by atoms with Crippen molar-refractivity contribution in [1.29, 1.82) is 0 Å². The van der Waals surface area contributed by atoms with Crippen molar-refractivity contribution >= 4 is 0 Å². The Morgan fingerprint density at radius 2 is 1.80 bits per heavy atom. The zero-order chi connectivity index (χ0) is 8.20. The van der Waals surface area contributed by atoms with Crippen LogP contribution in [0.3, 0.4) is 0 Å². The zero-order valence-corrected chi connectivity index (χ0v) is 7.59. The van der Waals surface area contributed by atoms with Crippen LogP contribution in [-0.4, -0.2) is 43.4 Å². The van der Waals surface area contributed by atoms with Crippen molar-refractivity contribution in [3.8, 4) is 0 Å². The summed E-state index contributed by atoms with van der Waals surface area (Å²) in [5, 5.41) is 8.94. The molecule has 0 unspecified atom stereocenters. The lowest BCUT2D eigenvalue weighted by Gasteiger charge is -2.23. The summed E-state index contributed by atoms with van der Waals surface area (Å²) >= 11 is 0. The lowest BCUT2D eigenvalue weighted by Crippen LogP contribution is -2.35. The first-order valence-electron chi connectivity index (χ1n) is 3.90. The molecule has 0 amide bonds. The lowest BCUT2D eigenvalue weighted by atomic mass is 10.2. The molecule has 0 fully saturated rings. The van der Waals surface area contributed by atoms with Crippen LogP contribution in [0.4, 0.5) is 0 Å². The Hall–Kier alpha value is -0.0800. The molecule has 0 aromatic carbocycles. The molecule has 0 saturated carbocycles. The van der Waals surface area contributed by atoms with E-state index < -0.39 is 0 Å². The molecule has 62 valence electrons. The third-order valence-corrected chi connectivity index (χ3v) is 1.45. The van der Waals surface area contributed by atoms with Gasteiger partial charge in [0.05, 0.1) is 33.8 Å². The van der Waals surface area contributed by atoms with Crippen molar-refractivity contribution in [1.82, 2.24) is 0 Å². The Bertz CT molecular complexity index is 83.7. The fraction of sp³-hybridized carbons (Fsp3) is 1.00. The minimum Gasteiger partial charge on any atom is -0.393 e. The first kappa shape index (κ1) is 9.92. The zero-order valence-electron chi connectivity index (χ0n) is 7.59. The quantitative estimate of drug-likeness (QED) is 0.583. The number of hydrogen-bond donors (Lipinski definition) is 1. The molecule has 0 radical (unpaired) electrons.